The highest BCUT2D eigenvalue weighted by molar-refractivity contribution is 5.70. The van der Waals surface area contributed by atoms with E-state index in [1.54, 1.807) is 0 Å². The molecular formula is C40H62O6. The lowest BCUT2D eigenvalue weighted by Gasteiger charge is -2.16. The van der Waals surface area contributed by atoms with Crippen LogP contribution >= 0.6 is 0 Å². The highest BCUT2D eigenvalue weighted by Crippen LogP contribution is 2.31. The normalized spacial score (nSPS) is 11.7. The Balaban J connectivity index is 1.66. The molecule has 0 aliphatic rings. The van der Waals surface area contributed by atoms with Crippen LogP contribution in [-0.4, -0.2) is 35.4 Å². The van der Waals surface area contributed by atoms with E-state index in [0.717, 1.165) is 84.7 Å². The van der Waals surface area contributed by atoms with Gasteiger partial charge < -0.3 is 19.7 Å². The van der Waals surface area contributed by atoms with Crippen LogP contribution < -0.4 is 0 Å². The van der Waals surface area contributed by atoms with E-state index < -0.39 is 0 Å². The predicted molar refractivity (Wildman–Crippen MR) is 187 cm³/mol. The molecule has 0 saturated heterocycles. The van der Waals surface area contributed by atoms with E-state index in [-0.39, 0.29) is 11.9 Å². The largest absolute Gasteiger partial charge is 0.507 e. The predicted octanol–water partition coefficient (Wildman–Crippen LogP) is 9.10. The molecule has 6 nitrogen and oxygen atoms in total. The van der Waals surface area contributed by atoms with Crippen LogP contribution in [0.25, 0.3) is 0 Å². The van der Waals surface area contributed by atoms with Crippen molar-refractivity contribution >= 4 is 11.9 Å². The molecular weight excluding hydrogens is 576 g/mol. The molecule has 0 aliphatic heterocycles. The fraction of sp³-hybridized carbons (Fsp3) is 0.650. The molecule has 2 aromatic carbocycles. The molecule has 2 rings (SSSR count). The highest BCUT2D eigenvalue weighted by atomic mass is 16.5. The number of benzene rings is 2. The third-order valence-electron chi connectivity index (χ3n) is 7.97. The minimum Gasteiger partial charge on any atom is -0.507 e. The Kier molecular flexibility index (Phi) is 17.3. The highest BCUT2D eigenvalue weighted by Gasteiger charge is 2.16. The van der Waals surface area contributed by atoms with Crippen LogP contribution in [0, 0.1) is 23.7 Å². The standard InChI is InChI=1S/C40H62O6/c1-27(2)19-33-23-31(24-34(39(33)43)20-28(3)4)13-15-37(41)45-17-11-9-10-12-18-46-38(42)16-14-32-25-35(21-29(5)6)40(44)36(26-32)22-30(7)8/h23-30,43-44H,9-22H2,1-8H3. The first-order valence-corrected chi connectivity index (χ1v) is 17.7. The lowest BCUT2D eigenvalue weighted by atomic mass is 9.92. The van der Waals surface area contributed by atoms with Gasteiger partial charge in [-0.2, -0.15) is 0 Å². The number of carbonyl (C=O) groups excluding carboxylic acids is 2. The van der Waals surface area contributed by atoms with Crippen molar-refractivity contribution in [2.45, 2.75) is 132 Å². The molecule has 0 aliphatic carbocycles. The number of aryl methyl sites for hydroxylation is 2. The zero-order chi connectivity index (χ0) is 34.2. The van der Waals surface area contributed by atoms with Gasteiger partial charge in [-0.25, -0.2) is 0 Å². The summed E-state index contributed by atoms with van der Waals surface area (Å²) in [5.41, 5.74) is 6.00. The molecule has 0 amide bonds. The molecule has 0 saturated carbocycles. The van der Waals surface area contributed by atoms with Crippen molar-refractivity contribution in [2.75, 3.05) is 13.2 Å². The summed E-state index contributed by atoms with van der Waals surface area (Å²) >= 11 is 0. The van der Waals surface area contributed by atoms with E-state index in [1.807, 2.05) is 24.3 Å². The maximum Gasteiger partial charge on any atom is 0.306 e. The van der Waals surface area contributed by atoms with Crippen LogP contribution in [0.3, 0.4) is 0 Å². The smallest absolute Gasteiger partial charge is 0.306 e. The van der Waals surface area contributed by atoms with Gasteiger partial charge in [0.1, 0.15) is 11.5 Å². The molecule has 0 aromatic heterocycles. The number of hydrogen-bond acceptors (Lipinski definition) is 6. The minimum absolute atomic E-state index is 0.195. The lowest BCUT2D eigenvalue weighted by Crippen LogP contribution is -2.09. The third kappa shape index (κ3) is 15.0. The molecule has 258 valence electrons. The monoisotopic (exact) mass is 638 g/mol. The number of ether oxygens (including phenoxy) is 2. The molecule has 0 bridgehead atoms. The Morgan fingerprint density at radius 1 is 0.522 bits per heavy atom. The molecule has 0 spiro atoms. The van der Waals surface area contributed by atoms with Crippen molar-refractivity contribution in [3.05, 3.63) is 57.6 Å². The number of aromatic hydroxyl groups is 2. The van der Waals surface area contributed by atoms with Gasteiger partial charge in [-0.3, -0.25) is 9.59 Å². The Morgan fingerprint density at radius 3 is 1.07 bits per heavy atom. The van der Waals surface area contributed by atoms with Crippen LogP contribution in [0.5, 0.6) is 11.5 Å². The number of carbonyl (C=O) groups is 2. The summed E-state index contributed by atoms with van der Waals surface area (Å²) in [6.45, 7) is 17.9. The molecule has 0 atom stereocenters. The summed E-state index contributed by atoms with van der Waals surface area (Å²) in [6.07, 6.45) is 8.49. The second-order valence-corrected chi connectivity index (χ2v) is 14.8. The Labute approximate surface area is 279 Å². The first-order chi connectivity index (χ1) is 21.7. The number of phenols is 2. The average molecular weight is 639 g/mol. The van der Waals surface area contributed by atoms with Gasteiger partial charge in [0.2, 0.25) is 0 Å². The first kappa shape index (κ1) is 39.2. The lowest BCUT2D eigenvalue weighted by molar-refractivity contribution is -0.145. The molecule has 2 aromatic rings. The van der Waals surface area contributed by atoms with Gasteiger partial charge >= 0.3 is 11.9 Å². The topological polar surface area (TPSA) is 93.1 Å². The first-order valence-electron chi connectivity index (χ1n) is 17.7. The van der Waals surface area contributed by atoms with Crippen molar-refractivity contribution in [1.82, 2.24) is 0 Å². The van der Waals surface area contributed by atoms with Crippen molar-refractivity contribution in [2.24, 2.45) is 23.7 Å². The van der Waals surface area contributed by atoms with Crippen LogP contribution in [-0.2, 0) is 57.6 Å². The SMILES string of the molecule is CC(C)Cc1cc(CCC(=O)OCCCCCCOC(=O)CCc2cc(CC(C)C)c(O)c(CC(C)C)c2)cc(CC(C)C)c1O. The molecule has 6 heteroatoms. The van der Waals surface area contributed by atoms with E-state index in [4.69, 9.17) is 9.47 Å². The average Bonchev–Trinajstić information content (AvgIpc) is 2.95. The van der Waals surface area contributed by atoms with Crippen LogP contribution in [0.2, 0.25) is 0 Å². The molecule has 0 heterocycles. The molecule has 0 unspecified atom stereocenters. The van der Waals surface area contributed by atoms with Gasteiger partial charge in [-0.15, -0.1) is 0 Å². The van der Waals surface area contributed by atoms with E-state index in [0.29, 0.717) is 74.1 Å². The number of esters is 2. The Morgan fingerprint density at radius 2 is 0.804 bits per heavy atom. The quantitative estimate of drug-likeness (QED) is 0.105. The summed E-state index contributed by atoms with van der Waals surface area (Å²) in [7, 11) is 0. The van der Waals surface area contributed by atoms with E-state index in [2.05, 4.69) is 55.4 Å². The van der Waals surface area contributed by atoms with E-state index in [9.17, 15) is 19.8 Å². The fourth-order valence-corrected chi connectivity index (χ4v) is 5.90. The van der Waals surface area contributed by atoms with Crippen molar-refractivity contribution in [1.29, 1.82) is 0 Å². The van der Waals surface area contributed by atoms with Crippen molar-refractivity contribution in [3.63, 3.8) is 0 Å². The Hall–Kier alpha value is -3.02. The molecule has 0 fully saturated rings. The van der Waals surface area contributed by atoms with Crippen LogP contribution in [0.1, 0.15) is 127 Å². The van der Waals surface area contributed by atoms with Gasteiger partial charge in [0, 0.05) is 12.8 Å². The summed E-state index contributed by atoms with van der Waals surface area (Å²) in [5.74, 6) is 2.17. The fourth-order valence-electron chi connectivity index (χ4n) is 5.90. The number of rotatable bonds is 21. The molecule has 0 radical (unpaired) electrons. The van der Waals surface area contributed by atoms with Crippen LogP contribution in [0.4, 0.5) is 0 Å². The Bertz CT molecular complexity index is 1070. The van der Waals surface area contributed by atoms with E-state index in [1.165, 1.54) is 0 Å². The van der Waals surface area contributed by atoms with Crippen LogP contribution in [0.15, 0.2) is 24.3 Å². The van der Waals surface area contributed by atoms with Crippen molar-refractivity contribution < 1.29 is 29.3 Å². The molecule has 46 heavy (non-hydrogen) atoms. The molecule has 2 N–H and O–H groups in total. The zero-order valence-electron chi connectivity index (χ0n) is 30.0. The summed E-state index contributed by atoms with van der Waals surface area (Å²) in [6, 6.07) is 8.17. The van der Waals surface area contributed by atoms with Gasteiger partial charge in [0.15, 0.2) is 0 Å². The minimum atomic E-state index is -0.195. The second-order valence-electron chi connectivity index (χ2n) is 14.8. The van der Waals surface area contributed by atoms with Crippen molar-refractivity contribution in [3.8, 4) is 11.5 Å². The van der Waals surface area contributed by atoms with Gasteiger partial charge in [0.25, 0.3) is 0 Å². The van der Waals surface area contributed by atoms with Gasteiger partial charge in [-0.05, 0) is 121 Å². The number of hydrogen-bond donors (Lipinski definition) is 2. The second kappa shape index (κ2) is 20.3. The maximum atomic E-state index is 12.4. The summed E-state index contributed by atoms with van der Waals surface area (Å²) in [5, 5.41) is 21.5. The summed E-state index contributed by atoms with van der Waals surface area (Å²) in [4.78, 5) is 24.8. The van der Waals surface area contributed by atoms with E-state index >= 15 is 0 Å². The third-order valence-corrected chi connectivity index (χ3v) is 7.97. The maximum absolute atomic E-state index is 12.4. The van der Waals surface area contributed by atoms with Gasteiger partial charge in [0.05, 0.1) is 13.2 Å². The number of phenolic OH excluding ortho intramolecular Hbond substituents is 2. The zero-order valence-corrected chi connectivity index (χ0v) is 30.0. The number of unbranched alkanes of at least 4 members (excludes halogenated alkanes) is 3. The summed E-state index contributed by atoms with van der Waals surface area (Å²) < 4.78 is 10.9. The van der Waals surface area contributed by atoms with Gasteiger partial charge in [-0.1, -0.05) is 79.7 Å².